The van der Waals surface area contributed by atoms with E-state index in [0.717, 1.165) is 10.5 Å². The van der Waals surface area contributed by atoms with Gasteiger partial charge < -0.3 is 10.2 Å². The molecule has 0 spiro atoms. The summed E-state index contributed by atoms with van der Waals surface area (Å²) >= 11 is 1.36. The van der Waals surface area contributed by atoms with Gasteiger partial charge in [-0.3, -0.25) is 4.79 Å². The number of aliphatic hydroxyl groups excluding tert-OH is 1. The Balaban J connectivity index is 2.20. The first-order valence-electron chi connectivity index (χ1n) is 5.20. The summed E-state index contributed by atoms with van der Waals surface area (Å²) in [6.45, 7) is 1.97. The molecule has 1 aromatic carbocycles. The van der Waals surface area contributed by atoms with E-state index in [1.807, 2.05) is 31.2 Å². The molecule has 0 saturated heterocycles. The second-order valence-corrected chi connectivity index (χ2v) is 5.65. The summed E-state index contributed by atoms with van der Waals surface area (Å²) in [7, 11) is 0. The molecule has 1 aliphatic rings. The van der Waals surface area contributed by atoms with E-state index in [4.69, 9.17) is 0 Å². The minimum atomic E-state index is -0.828. The largest absolute Gasteiger partial charge is 0.480 e. The zero-order chi connectivity index (χ0) is 11.8. The van der Waals surface area contributed by atoms with Crippen LogP contribution in [0.3, 0.4) is 0 Å². The average molecular weight is 238 g/mol. The van der Waals surface area contributed by atoms with Crippen LogP contribution in [-0.4, -0.2) is 27.0 Å². The van der Waals surface area contributed by atoms with Crippen molar-refractivity contribution in [3.63, 3.8) is 0 Å². The Morgan fingerprint density at radius 2 is 2.06 bits per heavy atom. The minimum absolute atomic E-state index is 0.335. The molecule has 1 fully saturated rings. The van der Waals surface area contributed by atoms with E-state index in [-0.39, 0.29) is 0 Å². The summed E-state index contributed by atoms with van der Waals surface area (Å²) in [6, 6.07) is 7.73. The first kappa shape index (κ1) is 11.5. The lowest BCUT2D eigenvalue weighted by atomic mass is 9.81. The van der Waals surface area contributed by atoms with Gasteiger partial charge in [0, 0.05) is 4.90 Å². The molecule has 1 aromatic rings. The van der Waals surface area contributed by atoms with Gasteiger partial charge >= 0.3 is 5.97 Å². The standard InChI is InChI=1S/C12H14O3S/c1-8-4-2-3-5-10(8)16-12(11(14)15)6-9(13)7-12/h2-5,9,13H,6-7H2,1H3,(H,14,15). The molecule has 0 amide bonds. The summed E-state index contributed by atoms with van der Waals surface area (Å²) in [5, 5.41) is 18.5. The molecular formula is C12H14O3S. The Hall–Kier alpha value is -1.00. The first-order chi connectivity index (χ1) is 7.53. The molecule has 3 nitrogen and oxygen atoms in total. The van der Waals surface area contributed by atoms with Crippen LogP contribution in [0.1, 0.15) is 18.4 Å². The average Bonchev–Trinajstić information content (AvgIpc) is 2.18. The fourth-order valence-corrected chi connectivity index (χ4v) is 3.32. The maximum absolute atomic E-state index is 11.2. The van der Waals surface area contributed by atoms with Crippen LogP contribution in [0.2, 0.25) is 0 Å². The van der Waals surface area contributed by atoms with Gasteiger partial charge in [0.2, 0.25) is 0 Å². The molecule has 16 heavy (non-hydrogen) atoms. The summed E-state index contributed by atoms with van der Waals surface area (Å²) < 4.78 is -0.828. The first-order valence-corrected chi connectivity index (χ1v) is 6.01. The molecule has 0 bridgehead atoms. The number of aliphatic hydroxyl groups is 1. The Bertz CT molecular complexity index is 410. The van der Waals surface area contributed by atoms with Crippen LogP contribution in [0.4, 0.5) is 0 Å². The molecule has 86 valence electrons. The number of aryl methyl sites for hydroxylation is 1. The third-order valence-corrected chi connectivity index (χ3v) is 4.50. The van der Waals surface area contributed by atoms with Gasteiger partial charge in [-0.1, -0.05) is 18.2 Å². The van der Waals surface area contributed by atoms with Gasteiger partial charge in [0.1, 0.15) is 4.75 Å². The second-order valence-electron chi connectivity index (χ2n) is 4.23. The number of carboxylic acid groups (broad SMARTS) is 1. The molecule has 0 aliphatic heterocycles. The van der Waals surface area contributed by atoms with Crippen molar-refractivity contribution in [1.82, 2.24) is 0 Å². The highest BCUT2D eigenvalue weighted by molar-refractivity contribution is 8.01. The van der Waals surface area contributed by atoms with Crippen LogP contribution in [0, 0.1) is 6.92 Å². The quantitative estimate of drug-likeness (QED) is 0.846. The van der Waals surface area contributed by atoms with Crippen LogP contribution in [0.15, 0.2) is 29.2 Å². The summed E-state index contributed by atoms with van der Waals surface area (Å²) in [5.41, 5.74) is 1.08. The lowest BCUT2D eigenvalue weighted by Crippen LogP contribution is -2.50. The third-order valence-electron chi connectivity index (χ3n) is 2.92. The molecule has 0 aromatic heterocycles. The van der Waals surface area contributed by atoms with Crippen molar-refractivity contribution >= 4 is 17.7 Å². The monoisotopic (exact) mass is 238 g/mol. The number of carbonyl (C=O) groups is 1. The molecule has 2 N–H and O–H groups in total. The topological polar surface area (TPSA) is 57.5 Å². The minimum Gasteiger partial charge on any atom is -0.480 e. The Morgan fingerprint density at radius 3 is 2.56 bits per heavy atom. The van der Waals surface area contributed by atoms with Gasteiger partial charge in [-0.05, 0) is 31.4 Å². The summed E-state index contributed by atoms with van der Waals surface area (Å²) in [4.78, 5) is 12.2. The number of thioether (sulfide) groups is 1. The number of rotatable bonds is 3. The molecular weight excluding hydrogens is 224 g/mol. The lowest BCUT2D eigenvalue weighted by Gasteiger charge is -2.41. The number of benzene rings is 1. The molecule has 0 radical (unpaired) electrons. The van der Waals surface area contributed by atoms with Crippen molar-refractivity contribution in [3.05, 3.63) is 29.8 Å². The Kier molecular flexibility index (Phi) is 2.95. The van der Waals surface area contributed by atoms with Crippen LogP contribution in [0.5, 0.6) is 0 Å². The van der Waals surface area contributed by atoms with Crippen LogP contribution in [-0.2, 0) is 4.79 Å². The van der Waals surface area contributed by atoms with Crippen molar-refractivity contribution in [1.29, 1.82) is 0 Å². The van der Waals surface area contributed by atoms with Gasteiger partial charge in [-0.25, -0.2) is 0 Å². The molecule has 0 unspecified atom stereocenters. The van der Waals surface area contributed by atoms with Gasteiger partial charge in [0.05, 0.1) is 6.10 Å². The SMILES string of the molecule is Cc1ccccc1SC1(C(=O)O)CC(O)C1. The predicted molar refractivity (Wildman–Crippen MR) is 62.6 cm³/mol. The third kappa shape index (κ3) is 1.95. The Morgan fingerprint density at radius 1 is 1.44 bits per heavy atom. The van der Waals surface area contributed by atoms with Crippen molar-refractivity contribution in [2.75, 3.05) is 0 Å². The summed E-state index contributed by atoms with van der Waals surface area (Å²) in [5.74, 6) is -0.828. The number of aliphatic carboxylic acids is 1. The fourth-order valence-electron chi connectivity index (χ4n) is 1.88. The van der Waals surface area contributed by atoms with E-state index < -0.39 is 16.8 Å². The van der Waals surface area contributed by atoms with Crippen molar-refractivity contribution in [2.24, 2.45) is 0 Å². The fraction of sp³-hybridized carbons (Fsp3) is 0.417. The maximum atomic E-state index is 11.2. The van der Waals surface area contributed by atoms with E-state index in [9.17, 15) is 15.0 Å². The smallest absolute Gasteiger partial charge is 0.320 e. The van der Waals surface area contributed by atoms with Gasteiger partial charge in [-0.15, -0.1) is 11.8 Å². The predicted octanol–water partition coefficient (Wildman–Crippen LogP) is 2.07. The van der Waals surface area contributed by atoms with E-state index >= 15 is 0 Å². The van der Waals surface area contributed by atoms with E-state index in [0.29, 0.717) is 12.8 Å². The lowest BCUT2D eigenvalue weighted by molar-refractivity contribution is -0.145. The van der Waals surface area contributed by atoms with E-state index in [1.165, 1.54) is 11.8 Å². The van der Waals surface area contributed by atoms with Crippen molar-refractivity contribution < 1.29 is 15.0 Å². The molecule has 4 heteroatoms. The van der Waals surface area contributed by atoms with Gasteiger partial charge in [0.15, 0.2) is 0 Å². The molecule has 1 aliphatic carbocycles. The normalized spacial score (nSPS) is 28.5. The van der Waals surface area contributed by atoms with Gasteiger partial charge in [-0.2, -0.15) is 0 Å². The zero-order valence-electron chi connectivity index (χ0n) is 9.01. The summed E-state index contributed by atoms with van der Waals surface area (Å²) in [6.07, 6.45) is 0.204. The maximum Gasteiger partial charge on any atom is 0.320 e. The van der Waals surface area contributed by atoms with E-state index in [2.05, 4.69) is 0 Å². The molecule has 2 rings (SSSR count). The zero-order valence-corrected chi connectivity index (χ0v) is 9.83. The highest BCUT2D eigenvalue weighted by Crippen LogP contribution is 2.48. The second kappa shape index (κ2) is 4.11. The molecule has 0 heterocycles. The number of hydrogen-bond acceptors (Lipinski definition) is 3. The highest BCUT2D eigenvalue weighted by Gasteiger charge is 2.51. The highest BCUT2D eigenvalue weighted by atomic mass is 32.2. The number of carboxylic acids is 1. The molecule has 1 saturated carbocycles. The molecule has 0 atom stereocenters. The number of hydrogen-bond donors (Lipinski definition) is 2. The van der Waals surface area contributed by atoms with Crippen molar-refractivity contribution in [2.45, 2.75) is 35.5 Å². The Labute approximate surface area is 98.5 Å². The van der Waals surface area contributed by atoms with Crippen LogP contribution >= 0.6 is 11.8 Å². The van der Waals surface area contributed by atoms with Crippen molar-refractivity contribution in [3.8, 4) is 0 Å². The van der Waals surface area contributed by atoms with Gasteiger partial charge in [0.25, 0.3) is 0 Å². The van der Waals surface area contributed by atoms with E-state index in [1.54, 1.807) is 0 Å². The van der Waals surface area contributed by atoms with Crippen LogP contribution < -0.4 is 0 Å². The van der Waals surface area contributed by atoms with Crippen LogP contribution in [0.25, 0.3) is 0 Å².